The van der Waals surface area contributed by atoms with Gasteiger partial charge in [0.1, 0.15) is 6.04 Å². The molecule has 0 saturated carbocycles. The zero-order valence-electron chi connectivity index (χ0n) is 14.8. The summed E-state index contributed by atoms with van der Waals surface area (Å²) < 4.78 is 0. The average molecular weight is 331 g/mol. The van der Waals surface area contributed by atoms with Gasteiger partial charge in [0.25, 0.3) is 5.91 Å². The number of hydrogen-bond acceptors (Lipinski definition) is 3. The molecule has 5 heteroatoms. The third-order valence-electron chi connectivity index (χ3n) is 4.71. The second kappa shape index (κ2) is 9.42. The Balaban J connectivity index is 1.95. The maximum Gasteiger partial charge on any atom is 0.254 e. The largest absolute Gasteiger partial charge is 0.353 e. The number of carbonyl (C=O) groups is 2. The summed E-state index contributed by atoms with van der Waals surface area (Å²) >= 11 is 0. The molecule has 1 heterocycles. The van der Waals surface area contributed by atoms with Crippen molar-refractivity contribution in [2.24, 2.45) is 0 Å². The highest BCUT2D eigenvalue weighted by Gasteiger charge is 2.32. The van der Waals surface area contributed by atoms with E-state index >= 15 is 0 Å². The van der Waals surface area contributed by atoms with E-state index in [1.165, 1.54) is 0 Å². The minimum absolute atomic E-state index is 0.0221. The normalized spacial score (nSPS) is 17.8. The molecule has 0 aromatic heterocycles. The number of likely N-dealkylation sites (tertiary alicyclic amines) is 1. The lowest BCUT2D eigenvalue weighted by Crippen LogP contribution is -2.52. The first kappa shape index (κ1) is 18.5. The Labute approximate surface area is 145 Å². The molecule has 1 fully saturated rings. The van der Waals surface area contributed by atoms with Crippen LogP contribution in [0.15, 0.2) is 30.3 Å². The minimum Gasteiger partial charge on any atom is -0.353 e. The molecule has 2 amide bonds. The maximum absolute atomic E-state index is 12.7. The van der Waals surface area contributed by atoms with Crippen LogP contribution in [0.2, 0.25) is 0 Å². The predicted octanol–water partition coefficient (Wildman–Crippen LogP) is 2.14. The molecule has 24 heavy (non-hydrogen) atoms. The number of rotatable bonds is 7. The van der Waals surface area contributed by atoms with Crippen molar-refractivity contribution in [2.75, 3.05) is 32.7 Å². The summed E-state index contributed by atoms with van der Waals surface area (Å²) in [5, 5.41) is 3.01. The first-order valence-electron chi connectivity index (χ1n) is 9.03. The molecule has 0 radical (unpaired) electrons. The first-order valence-corrected chi connectivity index (χ1v) is 9.03. The van der Waals surface area contributed by atoms with E-state index < -0.39 is 0 Å². The fraction of sp³-hybridized carbons (Fsp3) is 0.579. The molecule has 2 rings (SSSR count). The van der Waals surface area contributed by atoms with Crippen LogP contribution in [-0.4, -0.2) is 60.4 Å². The molecule has 0 aliphatic carbocycles. The Kier molecular flexibility index (Phi) is 7.25. The van der Waals surface area contributed by atoms with Crippen LogP contribution in [0.1, 0.15) is 43.5 Å². The zero-order valence-corrected chi connectivity index (χ0v) is 14.8. The fourth-order valence-electron chi connectivity index (χ4n) is 3.19. The van der Waals surface area contributed by atoms with Gasteiger partial charge in [0, 0.05) is 25.2 Å². The van der Waals surface area contributed by atoms with Gasteiger partial charge in [0.2, 0.25) is 5.91 Å². The van der Waals surface area contributed by atoms with Gasteiger partial charge in [-0.25, -0.2) is 0 Å². The van der Waals surface area contributed by atoms with Crippen molar-refractivity contribution in [2.45, 2.75) is 39.2 Å². The van der Waals surface area contributed by atoms with E-state index in [9.17, 15) is 9.59 Å². The molecule has 1 N–H and O–H groups in total. The Hall–Kier alpha value is -1.88. The monoisotopic (exact) mass is 331 g/mol. The van der Waals surface area contributed by atoms with E-state index in [-0.39, 0.29) is 17.9 Å². The van der Waals surface area contributed by atoms with Gasteiger partial charge in [-0.15, -0.1) is 0 Å². The van der Waals surface area contributed by atoms with Crippen molar-refractivity contribution >= 4 is 11.8 Å². The summed E-state index contributed by atoms with van der Waals surface area (Å²) in [6.07, 6.45) is 2.70. The van der Waals surface area contributed by atoms with Gasteiger partial charge in [0.15, 0.2) is 0 Å². The molecule has 0 spiro atoms. The first-order chi connectivity index (χ1) is 11.7. The number of likely N-dealkylation sites (N-methyl/N-ethyl adjacent to an activating group) is 1. The smallest absolute Gasteiger partial charge is 0.254 e. The number of benzene rings is 1. The zero-order chi connectivity index (χ0) is 17.4. The molecule has 132 valence electrons. The molecule has 0 bridgehead atoms. The molecule has 1 aliphatic heterocycles. The van der Waals surface area contributed by atoms with E-state index in [2.05, 4.69) is 24.1 Å². The summed E-state index contributed by atoms with van der Waals surface area (Å²) in [7, 11) is 0. The molecule has 0 unspecified atom stereocenters. The van der Waals surface area contributed by atoms with E-state index in [1.54, 1.807) is 4.90 Å². The van der Waals surface area contributed by atoms with Crippen molar-refractivity contribution in [1.82, 2.24) is 15.1 Å². The van der Waals surface area contributed by atoms with E-state index in [0.717, 1.165) is 38.9 Å². The summed E-state index contributed by atoms with van der Waals surface area (Å²) in [5.74, 6) is -0.0645. The van der Waals surface area contributed by atoms with Crippen molar-refractivity contribution in [3.05, 3.63) is 35.9 Å². The van der Waals surface area contributed by atoms with Gasteiger partial charge in [0.05, 0.1) is 0 Å². The SMILES string of the molecule is CCN(CC)CCNC(=O)[C@@H]1CCCCN1C(=O)c1ccccc1. The number of carbonyl (C=O) groups excluding carboxylic acids is 2. The van der Waals surface area contributed by atoms with Crippen LogP contribution in [-0.2, 0) is 4.79 Å². The molecule has 1 aliphatic rings. The second-order valence-corrected chi connectivity index (χ2v) is 6.19. The molecule has 1 aromatic rings. The molecule has 1 atom stereocenters. The minimum atomic E-state index is -0.344. The van der Waals surface area contributed by atoms with Gasteiger partial charge in [-0.3, -0.25) is 9.59 Å². The van der Waals surface area contributed by atoms with Crippen LogP contribution in [0.5, 0.6) is 0 Å². The lowest BCUT2D eigenvalue weighted by Gasteiger charge is -2.35. The van der Waals surface area contributed by atoms with Crippen LogP contribution >= 0.6 is 0 Å². The van der Waals surface area contributed by atoms with E-state index in [4.69, 9.17) is 0 Å². The van der Waals surface area contributed by atoms with Crippen LogP contribution in [0.4, 0.5) is 0 Å². The number of piperidine rings is 1. The summed E-state index contributed by atoms with van der Waals surface area (Å²) in [5.41, 5.74) is 0.653. The Morgan fingerprint density at radius 2 is 1.88 bits per heavy atom. The lowest BCUT2D eigenvalue weighted by molar-refractivity contribution is -0.126. The quantitative estimate of drug-likeness (QED) is 0.833. The van der Waals surface area contributed by atoms with Crippen molar-refractivity contribution in [3.8, 4) is 0 Å². The van der Waals surface area contributed by atoms with Crippen molar-refractivity contribution in [3.63, 3.8) is 0 Å². The summed E-state index contributed by atoms with van der Waals surface area (Å²) in [6, 6.07) is 8.89. The van der Waals surface area contributed by atoms with Crippen LogP contribution in [0.3, 0.4) is 0 Å². The van der Waals surface area contributed by atoms with Gasteiger partial charge in [-0.2, -0.15) is 0 Å². The highest BCUT2D eigenvalue weighted by atomic mass is 16.2. The summed E-state index contributed by atoms with van der Waals surface area (Å²) in [6.45, 7) is 8.33. The van der Waals surface area contributed by atoms with Gasteiger partial charge in [-0.1, -0.05) is 32.0 Å². The third kappa shape index (κ3) is 4.81. The average Bonchev–Trinajstić information content (AvgIpc) is 2.65. The number of amides is 2. The van der Waals surface area contributed by atoms with Crippen LogP contribution < -0.4 is 5.32 Å². The number of nitrogens with one attached hydrogen (secondary N) is 1. The van der Waals surface area contributed by atoms with Gasteiger partial charge < -0.3 is 15.1 Å². The van der Waals surface area contributed by atoms with E-state index in [1.807, 2.05) is 30.3 Å². The lowest BCUT2D eigenvalue weighted by atomic mass is 10.00. The molecule has 5 nitrogen and oxygen atoms in total. The van der Waals surface area contributed by atoms with Crippen LogP contribution in [0.25, 0.3) is 0 Å². The predicted molar refractivity (Wildman–Crippen MR) is 95.9 cm³/mol. The van der Waals surface area contributed by atoms with E-state index in [0.29, 0.717) is 18.7 Å². The molecular weight excluding hydrogens is 302 g/mol. The van der Waals surface area contributed by atoms with Gasteiger partial charge >= 0.3 is 0 Å². The Morgan fingerprint density at radius 1 is 1.17 bits per heavy atom. The molecule has 1 aromatic carbocycles. The van der Waals surface area contributed by atoms with Crippen LogP contribution in [0, 0.1) is 0 Å². The van der Waals surface area contributed by atoms with Crippen molar-refractivity contribution < 1.29 is 9.59 Å². The maximum atomic E-state index is 12.7. The number of hydrogen-bond donors (Lipinski definition) is 1. The molecule has 1 saturated heterocycles. The highest BCUT2D eigenvalue weighted by Crippen LogP contribution is 2.20. The molecular formula is C19H29N3O2. The Bertz CT molecular complexity index is 529. The fourth-order valence-corrected chi connectivity index (χ4v) is 3.19. The topological polar surface area (TPSA) is 52.7 Å². The highest BCUT2D eigenvalue weighted by molar-refractivity contribution is 5.97. The van der Waals surface area contributed by atoms with Gasteiger partial charge in [-0.05, 0) is 44.5 Å². The third-order valence-corrected chi connectivity index (χ3v) is 4.71. The summed E-state index contributed by atoms with van der Waals surface area (Å²) in [4.78, 5) is 29.3. The number of nitrogens with zero attached hydrogens (tertiary/aromatic N) is 2. The van der Waals surface area contributed by atoms with Crippen molar-refractivity contribution in [1.29, 1.82) is 0 Å². The standard InChI is InChI=1S/C19H29N3O2/c1-3-21(4-2)15-13-20-18(23)17-12-8-9-14-22(17)19(24)16-10-6-5-7-11-16/h5-7,10-11,17H,3-4,8-9,12-15H2,1-2H3,(H,20,23)/t17-/m0/s1. The second-order valence-electron chi connectivity index (χ2n) is 6.19. The Morgan fingerprint density at radius 3 is 2.54 bits per heavy atom.